The molecular formula is C13H17ClN2O4S. The van der Waals surface area contributed by atoms with E-state index in [1.54, 1.807) is 13.8 Å². The molecule has 0 aromatic carbocycles. The third kappa shape index (κ3) is 2.90. The van der Waals surface area contributed by atoms with Gasteiger partial charge < -0.3 is 5.11 Å². The zero-order valence-electron chi connectivity index (χ0n) is 11.8. The van der Waals surface area contributed by atoms with E-state index in [1.165, 1.54) is 18.3 Å². The van der Waals surface area contributed by atoms with Crippen LogP contribution in [0.3, 0.4) is 0 Å². The SMILES string of the molecule is CC1(C)CCCN(S(=O)(=O)c2cccnc2Cl)C1C(=O)O. The zero-order valence-corrected chi connectivity index (χ0v) is 13.4. The molecule has 0 aliphatic carbocycles. The van der Waals surface area contributed by atoms with Crippen LogP contribution < -0.4 is 0 Å². The number of nitrogens with zero attached hydrogens (tertiary/aromatic N) is 2. The number of carboxylic acids is 1. The minimum Gasteiger partial charge on any atom is -0.480 e. The Hall–Kier alpha value is -1.18. The summed E-state index contributed by atoms with van der Waals surface area (Å²) in [6, 6.07) is 1.68. The summed E-state index contributed by atoms with van der Waals surface area (Å²) in [5.74, 6) is -1.15. The molecule has 0 saturated carbocycles. The van der Waals surface area contributed by atoms with Crippen molar-refractivity contribution in [2.45, 2.75) is 37.6 Å². The van der Waals surface area contributed by atoms with Gasteiger partial charge in [-0.05, 0) is 30.4 Å². The number of aromatic nitrogens is 1. The lowest BCUT2D eigenvalue weighted by Crippen LogP contribution is -2.56. The molecule has 0 radical (unpaired) electrons. The Morgan fingerprint density at radius 3 is 2.76 bits per heavy atom. The number of rotatable bonds is 3. The molecule has 0 spiro atoms. The number of carboxylic acid groups (broad SMARTS) is 1. The molecule has 116 valence electrons. The minimum absolute atomic E-state index is 0.148. The molecule has 1 fully saturated rings. The van der Waals surface area contributed by atoms with Crippen molar-refractivity contribution >= 4 is 27.6 Å². The quantitative estimate of drug-likeness (QED) is 0.855. The predicted molar refractivity (Wildman–Crippen MR) is 77.6 cm³/mol. The van der Waals surface area contributed by atoms with Gasteiger partial charge in [0.05, 0.1) is 0 Å². The maximum absolute atomic E-state index is 12.7. The summed E-state index contributed by atoms with van der Waals surface area (Å²) in [6.45, 7) is 3.69. The molecule has 1 unspecified atom stereocenters. The predicted octanol–water partition coefficient (Wildman–Crippen LogP) is 2.00. The van der Waals surface area contributed by atoms with Crippen LogP contribution in [0.4, 0.5) is 0 Å². The summed E-state index contributed by atoms with van der Waals surface area (Å²) in [5, 5.41) is 9.32. The largest absolute Gasteiger partial charge is 0.480 e. The number of sulfonamides is 1. The van der Waals surface area contributed by atoms with E-state index < -0.39 is 27.4 Å². The minimum atomic E-state index is -4.00. The molecule has 0 amide bonds. The summed E-state index contributed by atoms with van der Waals surface area (Å²) in [7, 11) is -4.00. The Bertz CT molecular complexity index is 660. The van der Waals surface area contributed by atoms with Gasteiger partial charge in [0.1, 0.15) is 16.1 Å². The van der Waals surface area contributed by atoms with Gasteiger partial charge in [0.15, 0.2) is 0 Å². The number of pyridine rings is 1. The fourth-order valence-corrected chi connectivity index (χ4v) is 4.96. The normalized spacial score (nSPS) is 22.9. The van der Waals surface area contributed by atoms with Crippen molar-refractivity contribution in [2.24, 2.45) is 5.41 Å². The number of halogens is 1. The smallest absolute Gasteiger partial charge is 0.322 e. The van der Waals surface area contributed by atoms with Gasteiger partial charge in [0, 0.05) is 12.7 Å². The monoisotopic (exact) mass is 332 g/mol. The molecule has 2 rings (SSSR count). The third-order valence-electron chi connectivity index (χ3n) is 3.77. The van der Waals surface area contributed by atoms with E-state index in [0.717, 1.165) is 4.31 Å². The van der Waals surface area contributed by atoms with Gasteiger partial charge in [0.2, 0.25) is 10.0 Å². The zero-order chi connectivity index (χ0) is 15.8. The molecule has 1 aromatic heterocycles. The van der Waals surface area contributed by atoms with Gasteiger partial charge in [-0.3, -0.25) is 4.79 Å². The average molecular weight is 333 g/mol. The maximum atomic E-state index is 12.7. The van der Waals surface area contributed by atoms with Crippen LogP contribution in [0.1, 0.15) is 26.7 Å². The molecule has 1 N–H and O–H groups in total. The number of hydrogen-bond donors (Lipinski definition) is 1. The second-order valence-corrected chi connectivity index (χ2v) is 7.96. The number of aliphatic carboxylic acids is 1. The highest BCUT2D eigenvalue weighted by molar-refractivity contribution is 7.89. The summed E-state index contributed by atoms with van der Waals surface area (Å²) in [5.41, 5.74) is -0.647. The van der Waals surface area contributed by atoms with Gasteiger partial charge in [-0.1, -0.05) is 25.4 Å². The molecular weight excluding hydrogens is 316 g/mol. The third-order valence-corrected chi connectivity index (χ3v) is 6.08. The van der Waals surface area contributed by atoms with Gasteiger partial charge in [-0.25, -0.2) is 13.4 Å². The van der Waals surface area contributed by atoms with Crippen LogP contribution in [-0.2, 0) is 14.8 Å². The highest BCUT2D eigenvalue weighted by Gasteiger charge is 2.48. The van der Waals surface area contributed by atoms with E-state index in [-0.39, 0.29) is 16.6 Å². The van der Waals surface area contributed by atoms with Gasteiger partial charge in [-0.15, -0.1) is 0 Å². The first kappa shape index (κ1) is 16.2. The molecule has 2 heterocycles. The highest BCUT2D eigenvalue weighted by Crippen LogP contribution is 2.38. The fourth-order valence-electron chi connectivity index (χ4n) is 2.75. The van der Waals surface area contributed by atoms with Crippen molar-refractivity contribution in [2.75, 3.05) is 6.54 Å². The van der Waals surface area contributed by atoms with Crippen LogP contribution in [-0.4, -0.2) is 41.4 Å². The molecule has 6 nitrogen and oxygen atoms in total. The van der Waals surface area contributed by atoms with E-state index >= 15 is 0 Å². The lowest BCUT2D eigenvalue weighted by atomic mass is 9.77. The van der Waals surface area contributed by atoms with Crippen molar-refractivity contribution < 1.29 is 18.3 Å². The Morgan fingerprint density at radius 2 is 2.19 bits per heavy atom. The standard InChI is InChI=1S/C13H17ClN2O4S/c1-13(2)6-4-8-16(10(13)12(17)18)21(19,20)9-5-3-7-15-11(9)14/h3,5,7,10H,4,6,8H2,1-2H3,(H,17,18). The second kappa shape index (κ2) is 5.55. The Morgan fingerprint density at radius 1 is 1.52 bits per heavy atom. The Labute approximate surface area is 128 Å². The van der Waals surface area contributed by atoms with Crippen LogP contribution in [0, 0.1) is 5.41 Å². The molecule has 1 saturated heterocycles. The molecule has 0 bridgehead atoms. The van der Waals surface area contributed by atoms with Crippen LogP contribution >= 0.6 is 11.6 Å². The van der Waals surface area contributed by atoms with Crippen molar-refractivity contribution in [3.63, 3.8) is 0 Å². The van der Waals surface area contributed by atoms with Gasteiger partial charge in [0.25, 0.3) is 0 Å². The first-order valence-electron chi connectivity index (χ1n) is 6.53. The Kier molecular flexibility index (Phi) is 4.28. The first-order valence-corrected chi connectivity index (χ1v) is 8.35. The highest BCUT2D eigenvalue weighted by atomic mass is 35.5. The van der Waals surface area contributed by atoms with E-state index in [2.05, 4.69) is 4.98 Å². The molecule has 1 aromatic rings. The number of carbonyl (C=O) groups is 1. The van der Waals surface area contributed by atoms with Crippen LogP contribution in [0.5, 0.6) is 0 Å². The maximum Gasteiger partial charge on any atom is 0.322 e. The van der Waals surface area contributed by atoms with Crippen molar-refractivity contribution in [3.05, 3.63) is 23.5 Å². The average Bonchev–Trinajstić information content (AvgIpc) is 2.37. The molecule has 1 atom stereocenters. The topological polar surface area (TPSA) is 87.6 Å². The first-order chi connectivity index (χ1) is 9.68. The lowest BCUT2D eigenvalue weighted by molar-refractivity contribution is -0.147. The molecule has 21 heavy (non-hydrogen) atoms. The lowest BCUT2D eigenvalue weighted by Gasteiger charge is -2.42. The summed E-state index contributed by atoms with van der Waals surface area (Å²) >= 11 is 5.86. The van der Waals surface area contributed by atoms with E-state index in [9.17, 15) is 18.3 Å². The van der Waals surface area contributed by atoms with E-state index in [1.807, 2.05) is 0 Å². The Balaban J connectivity index is 2.52. The van der Waals surface area contributed by atoms with Gasteiger partial charge >= 0.3 is 5.97 Å². The van der Waals surface area contributed by atoms with Crippen LogP contribution in [0.25, 0.3) is 0 Å². The van der Waals surface area contributed by atoms with Crippen LogP contribution in [0.15, 0.2) is 23.2 Å². The van der Waals surface area contributed by atoms with E-state index in [4.69, 9.17) is 11.6 Å². The van der Waals surface area contributed by atoms with Crippen molar-refractivity contribution in [1.82, 2.24) is 9.29 Å². The molecule has 8 heteroatoms. The number of piperidine rings is 1. The van der Waals surface area contributed by atoms with Gasteiger partial charge in [-0.2, -0.15) is 4.31 Å². The summed E-state index contributed by atoms with van der Waals surface area (Å²) in [6.07, 6.45) is 2.64. The summed E-state index contributed by atoms with van der Waals surface area (Å²) < 4.78 is 26.5. The second-order valence-electron chi connectivity index (χ2n) is 5.74. The van der Waals surface area contributed by atoms with Crippen molar-refractivity contribution in [3.8, 4) is 0 Å². The molecule has 1 aliphatic heterocycles. The fraction of sp³-hybridized carbons (Fsp3) is 0.538. The molecule has 1 aliphatic rings. The van der Waals surface area contributed by atoms with Crippen LogP contribution in [0.2, 0.25) is 5.15 Å². The van der Waals surface area contributed by atoms with E-state index in [0.29, 0.717) is 12.8 Å². The van der Waals surface area contributed by atoms with Crippen molar-refractivity contribution in [1.29, 1.82) is 0 Å². The summed E-state index contributed by atoms with van der Waals surface area (Å²) in [4.78, 5) is 15.2. The number of hydrogen-bond acceptors (Lipinski definition) is 4.